The van der Waals surface area contributed by atoms with E-state index in [4.69, 9.17) is 11.6 Å². The van der Waals surface area contributed by atoms with Crippen molar-refractivity contribution >= 4 is 35.0 Å². The third-order valence-corrected chi connectivity index (χ3v) is 5.93. The lowest BCUT2D eigenvalue weighted by Gasteiger charge is -2.40. The van der Waals surface area contributed by atoms with Crippen LogP contribution in [-0.4, -0.2) is 16.0 Å². The number of hydrogen-bond acceptors (Lipinski definition) is 2. The van der Waals surface area contributed by atoms with E-state index in [1.807, 2.05) is 47.9 Å². The van der Waals surface area contributed by atoms with E-state index < -0.39 is 0 Å². The molecular formula is C15H18ClNOS. The lowest BCUT2D eigenvalue weighted by molar-refractivity contribution is -0.117. The Labute approximate surface area is 123 Å². The van der Waals surface area contributed by atoms with Crippen LogP contribution < -0.4 is 4.90 Å². The van der Waals surface area contributed by atoms with Crippen LogP contribution in [0, 0.1) is 0 Å². The van der Waals surface area contributed by atoms with Crippen LogP contribution in [0.4, 0.5) is 5.69 Å². The zero-order valence-corrected chi connectivity index (χ0v) is 12.6. The van der Waals surface area contributed by atoms with Gasteiger partial charge in [-0.25, -0.2) is 0 Å². The molecule has 2 aliphatic rings. The summed E-state index contributed by atoms with van der Waals surface area (Å²) in [6.45, 7) is 2.03. The van der Waals surface area contributed by atoms with Crippen molar-refractivity contribution < 1.29 is 4.79 Å². The highest BCUT2D eigenvalue weighted by molar-refractivity contribution is 8.02. The summed E-state index contributed by atoms with van der Waals surface area (Å²) in [5, 5.41) is 0.780. The Kier molecular flexibility index (Phi) is 3.52. The maximum absolute atomic E-state index is 12.5. The van der Waals surface area contributed by atoms with Crippen molar-refractivity contribution in [3.8, 4) is 0 Å². The number of halogens is 1. The van der Waals surface area contributed by atoms with Gasteiger partial charge in [0, 0.05) is 10.7 Å². The standard InChI is InChI=1S/C15H18ClNOS/c1-11-14(18)17(13-7-5-12(16)6-8-13)15(19-11)9-3-2-4-10-15/h5-8,11H,2-4,9-10H2,1H3/t11-/m1/s1. The summed E-state index contributed by atoms with van der Waals surface area (Å²) < 4.78 is 0. The van der Waals surface area contributed by atoms with E-state index in [1.165, 1.54) is 19.3 Å². The van der Waals surface area contributed by atoms with Gasteiger partial charge in [-0.15, -0.1) is 11.8 Å². The molecule has 1 heterocycles. The van der Waals surface area contributed by atoms with E-state index in [9.17, 15) is 4.79 Å². The number of carbonyl (C=O) groups is 1. The molecular weight excluding hydrogens is 278 g/mol. The summed E-state index contributed by atoms with van der Waals surface area (Å²) in [6, 6.07) is 7.67. The first-order valence-corrected chi connectivity index (χ1v) is 8.16. The van der Waals surface area contributed by atoms with E-state index in [2.05, 4.69) is 0 Å². The minimum atomic E-state index is -0.0113. The van der Waals surface area contributed by atoms with Crippen molar-refractivity contribution in [2.24, 2.45) is 0 Å². The topological polar surface area (TPSA) is 20.3 Å². The molecule has 1 atom stereocenters. The molecule has 0 N–H and O–H groups in total. The van der Waals surface area contributed by atoms with E-state index in [0.29, 0.717) is 5.02 Å². The minimum absolute atomic E-state index is 0.0113. The van der Waals surface area contributed by atoms with Crippen molar-refractivity contribution in [1.29, 1.82) is 0 Å². The van der Waals surface area contributed by atoms with E-state index in [1.54, 1.807) is 0 Å². The molecule has 0 bridgehead atoms. The summed E-state index contributed by atoms with van der Waals surface area (Å²) in [5.41, 5.74) is 0.994. The molecule has 1 saturated heterocycles. The van der Waals surface area contributed by atoms with Crippen LogP contribution in [0.3, 0.4) is 0 Å². The molecule has 1 aliphatic heterocycles. The number of anilines is 1. The Hall–Kier alpha value is -0.670. The first kappa shape index (κ1) is 13.3. The quantitative estimate of drug-likeness (QED) is 0.762. The van der Waals surface area contributed by atoms with Crippen LogP contribution in [-0.2, 0) is 4.79 Å². The molecule has 4 heteroatoms. The van der Waals surface area contributed by atoms with Crippen LogP contribution in [0.25, 0.3) is 0 Å². The third-order valence-electron chi connectivity index (χ3n) is 4.09. The zero-order valence-electron chi connectivity index (χ0n) is 11.1. The smallest absolute Gasteiger partial charge is 0.241 e. The predicted octanol–water partition coefficient (Wildman–Crippen LogP) is 4.47. The van der Waals surface area contributed by atoms with Gasteiger partial charge in [0.25, 0.3) is 0 Å². The van der Waals surface area contributed by atoms with Crippen molar-refractivity contribution in [1.82, 2.24) is 0 Å². The number of carbonyl (C=O) groups excluding carboxylic acids is 1. The minimum Gasteiger partial charge on any atom is -0.296 e. The Balaban J connectivity index is 1.99. The summed E-state index contributed by atoms with van der Waals surface area (Å²) in [5.74, 6) is 0.245. The van der Waals surface area contributed by atoms with Gasteiger partial charge in [-0.1, -0.05) is 30.9 Å². The second-order valence-electron chi connectivity index (χ2n) is 5.42. The molecule has 0 radical (unpaired) electrons. The summed E-state index contributed by atoms with van der Waals surface area (Å²) in [7, 11) is 0. The maximum atomic E-state index is 12.5. The highest BCUT2D eigenvalue weighted by Crippen LogP contribution is 2.51. The number of amides is 1. The molecule has 1 aromatic rings. The molecule has 1 aromatic carbocycles. The van der Waals surface area contributed by atoms with Crippen molar-refractivity contribution in [2.45, 2.75) is 49.1 Å². The van der Waals surface area contributed by atoms with Crippen LogP contribution in [0.15, 0.2) is 24.3 Å². The molecule has 102 valence electrons. The lowest BCUT2D eigenvalue weighted by atomic mass is 9.93. The van der Waals surface area contributed by atoms with Gasteiger partial charge in [0.1, 0.15) is 0 Å². The number of benzene rings is 1. The van der Waals surface area contributed by atoms with Gasteiger partial charge in [-0.3, -0.25) is 9.69 Å². The Morgan fingerprint density at radius 1 is 1.21 bits per heavy atom. The molecule has 0 unspecified atom stereocenters. The highest BCUT2D eigenvalue weighted by atomic mass is 35.5. The molecule has 2 nitrogen and oxygen atoms in total. The van der Waals surface area contributed by atoms with Crippen LogP contribution in [0.2, 0.25) is 5.02 Å². The van der Waals surface area contributed by atoms with Crippen LogP contribution >= 0.6 is 23.4 Å². The normalized spacial score (nSPS) is 26.1. The Bertz CT molecular complexity index is 481. The maximum Gasteiger partial charge on any atom is 0.241 e. The first-order chi connectivity index (χ1) is 9.12. The van der Waals surface area contributed by atoms with E-state index in [0.717, 1.165) is 18.5 Å². The van der Waals surface area contributed by atoms with Crippen molar-refractivity contribution in [3.05, 3.63) is 29.3 Å². The average Bonchev–Trinajstić information content (AvgIpc) is 2.64. The number of nitrogens with zero attached hydrogens (tertiary/aromatic N) is 1. The fourth-order valence-corrected chi connectivity index (χ4v) is 5.03. The molecule has 1 spiro atoms. The van der Waals surface area contributed by atoms with Crippen LogP contribution in [0.1, 0.15) is 39.0 Å². The number of thioether (sulfide) groups is 1. The zero-order chi connectivity index (χ0) is 13.5. The van der Waals surface area contributed by atoms with Crippen LogP contribution in [0.5, 0.6) is 0 Å². The van der Waals surface area contributed by atoms with Gasteiger partial charge in [0.05, 0.1) is 10.1 Å². The second kappa shape index (κ2) is 5.02. The number of rotatable bonds is 1. The summed E-state index contributed by atoms with van der Waals surface area (Å²) in [6.07, 6.45) is 5.94. The third kappa shape index (κ3) is 2.27. The summed E-state index contributed by atoms with van der Waals surface area (Å²) >= 11 is 7.80. The van der Waals surface area contributed by atoms with Gasteiger partial charge >= 0.3 is 0 Å². The Morgan fingerprint density at radius 2 is 1.84 bits per heavy atom. The SMILES string of the molecule is C[C@H]1SC2(CCCCC2)N(c2ccc(Cl)cc2)C1=O. The average molecular weight is 296 g/mol. The number of hydrogen-bond donors (Lipinski definition) is 0. The molecule has 3 rings (SSSR count). The van der Waals surface area contributed by atoms with Gasteiger partial charge in [0.15, 0.2) is 0 Å². The molecule has 1 saturated carbocycles. The first-order valence-electron chi connectivity index (χ1n) is 6.90. The molecule has 1 aliphatic carbocycles. The van der Waals surface area contributed by atoms with E-state index in [-0.39, 0.29) is 16.0 Å². The fourth-order valence-electron chi connectivity index (χ4n) is 3.21. The van der Waals surface area contributed by atoms with Gasteiger partial charge in [-0.05, 0) is 44.0 Å². The van der Waals surface area contributed by atoms with Crippen molar-refractivity contribution in [2.75, 3.05) is 4.90 Å². The fraction of sp³-hybridized carbons (Fsp3) is 0.533. The van der Waals surface area contributed by atoms with E-state index >= 15 is 0 Å². The molecule has 2 fully saturated rings. The molecule has 0 aromatic heterocycles. The second-order valence-corrected chi connectivity index (χ2v) is 7.56. The highest BCUT2D eigenvalue weighted by Gasteiger charge is 2.50. The summed E-state index contributed by atoms with van der Waals surface area (Å²) in [4.78, 5) is 14.6. The van der Waals surface area contributed by atoms with Gasteiger partial charge in [-0.2, -0.15) is 0 Å². The van der Waals surface area contributed by atoms with Crippen molar-refractivity contribution in [3.63, 3.8) is 0 Å². The van der Waals surface area contributed by atoms with Gasteiger partial charge < -0.3 is 0 Å². The molecule has 1 amide bonds. The predicted molar refractivity (Wildman–Crippen MR) is 81.8 cm³/mol. The van der Waals surface area contributed by atoms with Gasteiger partial charge in [0.2, 0.25) is 5.91 Å². The monoisotopic (exact) mass is 295 g/mol. The lowest BCUT2D eigenvalue weighted by Crippen LogP contribution is -2.46. The molecule has 19 heavy (non-hydrogen) atoms. The largest absolute Gasteiger partial charge is 0.296 e. The Morgan fingerprint density at radius 3 is 2.47 bits per heavy atom.